The quantitative estimate of drug-likeness (QED) is 0.511. The van der Waals surface area contributed by atoms with Gasteiger partial charge in [-0.25, -0.2) is 0 Å². The van der Waals surface area contributed by atoms with E-state index in [-0.39, 0.29) is 94.1 Å². The third-order valence-corrected chi connectivity index (χ3v) is 0. The molecule has 0 aromatic rings. The molecule has 0 nitrogen and oxygen atoms in total. The molecule has 0 aliphatic carbocycles. The van der Waals surface area contributed by atoms with Gasteiger partial charge in [0.1, 0.15) is 0 Å². The molecule has 0 spiro atoms. The van der Waals surface area contributed by atoms with Gasteiger partial charge in [0.25, 0.3) is 0 Å². The van der Waals surface area contributed by atoms with Crippen molar-refractivity contribution in [3.8, 4) is 0 Å². The van der Waals surface area contributed by atoms with E-state index >= 15 is 0 Å². The molecule has 0 rings (SSSR count). The molecule has 0 aromatic carbocycles. The van der Waals surface area contributed by atoms with Gasteiger partial charge in [0.15, 0.2) is 0 Å². The Kier molecular flexibility index (Phi) is 250. The van der Waals surface area contributed by atoms with Crippen LogP contribution in [0.15, 0.2) is 0 Å². The van der Waals surface area contributed by atoms with E-state index in [1.54, 1.807) is 0 Å². The summed E-state index contributed by atoms with van der Waals surface area (Å²) < 4.78 is 0. The summed E-state index contributed by atoms with van der Waals surface area (Å²) in [6.07, 6.45) is 0. The van der Waals surface area contributed by atoms with Crippen LogP contribution in [-0.4, -0.2) is 25.8 Å². The molecule has 0 aromatic heterocycles. The average Bonchev–Trinajstić information content (AvgIpc) is 0. The Morgan fingerprint density at radius 1 is 0.400 bits per heavy atom. The molecule has 0 aliphatic rings. The molecule has 47 valence electrons. The van der Waals surface area contributed by atoms with Gasteiger partial charge in [0.05, 0.1) is 0 Å². The molecule has 0 saturated heterocycles. The molecule has 0 bridgehead atoms. The maximum atomic E-state index is 0. The fourth-order valence-corrected chi connectivity index (χ4v) is 0. The van der Waals surface area contributed by atoms with E-state index in [1.165, 1.54) is 0 Å². The monoisotopic (exact) mass is 367 g/mol. The third-order valence-electron chi connectivity index (χ3n) is 0. The molecule has 0 atom stereocenters. The van der Waals surface area contributed by atoms with Crippen LogP contribution < -0.4 is 0 Å². The number of rotatable bonds is 0. The Hall–Kier alpha value is 2.95. The van der Waals surface area contributed by atoms with Crippen molar-refractivity contribution in [1.82, 2.24) is 0 Å². The van der Waals surface area contributed by atoms with Crippen LogP contribution in [0.5, 0.6) is 0 Å². The van der Waals surface area contributed by atoms with Crippen molar-refractivity contribution in [2.24, 2.45) is 0 Å². The van der Waals surface area contributed by atoms with Crippen LogP contribution in [0.1, 0.15) is 0 Å². The normalized spacial score (nSPS) is 0. The first kappa shape index (κ1) is 44.1. The topological polar surface area (TPSA) is 0 Å². The van der Waals surface area contributed by atoms with Gasteiger partial charge in [-0.2, -0.15) is 0 Å². The summed E-state index contributed by atoms with van der Waals surface area (Å²) in [6, 6.07) is 0. The molecule has 0 fully saturated rings. The van der Waals surface area contributed by atoms with Gasteiger partial charge in [0, 0.05) is 94.1 Å². The van der Waals surface area contributed by atoms with Gasteiger partial charge in [-0.15, -0.1) is 0 Å². The van der Waals surface area contributed by atoms with E-state index in [4.69, 9.17) is 0 Å². The second-order valence-corrected chi connectivity index (χ2v) is 0. The second kappa shape index (κ2) is 28.3. The van der Waals surface area contributed by atoms with Gasteiger partial charge in [0.2, 0.25) is 0 Å². The summed E-state index contributed by atoms with van der Waals surface area (Å²) in [6.45, 7) is 0. The van der Waals surface area contributed by atoms with Crippen molar-refractivity contribution in [1.29, 1.82) is 0 Å². The zero-order valence-corrected chi connectivity index (χ0v) is 8.85. The van der Waals surface area contributed by atoms with Gasteiger partial charge in [-0.05, 0) is 0 Å². The summed E-state index contributed by atoms with van der Waals surface area (Å²) in [5.74, 6) is 0. The van der Waals surface area contributed by atoms with Crippen LogP contribution in [0.4, 0.5) is 0 Å². The molecule has 7 radical (unpaired) electrons. The molecule has 0 saturated carbocycles. The van der Waals surface area contributed by atoms with Crippen LogP contribution in [0.3, 0.4) is 0 Å². The smallest absolute Gasteiger partial charge is 0 e. The van der Waals surface area contributed by atoms with Gasteiger partial charge in [-0.3, -0.25) is 0 Å². The zero-order chi connectivity index (χ0) is 0. The minimum absolute atomic E-state index is 0. The average molecular weight is 369 g/mol. The fraction of sp³-hybridized carbons (Fsp3) is 0. The van der Waals surface area contributed by atoms with Crippen molar-refractivity contribution >= 4 is 25.8 Å². The molecule has 0 amide bonds. The van der Waals surface area contributed by atoms with Crippen LogP contribution in [-0.2, 0) is 68.3 Å². The molecular weight excluding hydrogens is 369 g/mol. The van der Waals surface area contributed by atoms with E-state index in [9.17, 15) is 0 Å². The summed E-state index contributed by atoms with van der Waals surface area (Å²) in [5.41, 5.74) is 0. The summed E-state index contributed by atoms with van der Waals surface area (Å²) in [7, 11) is 0. The van der Waals surface area contributed by atoms with Crippen molar-refractivity contribution in [2.45, 2.75) is 0 Å². The van der Waals surface area contributed by atoms with E-state index < -0.39 is 0 Å². The maximum Gasteiger partial charge on any atom is 0 e. The largest absolute Gasteiger partial charge is 0 e. The second-order valence-electron chi connectivity index (χ2n) is 0. The van der Waals surface area contributed by atoms with E-state index in [0.29, 0.717) is 0 Å². The van der Waals surface area contributed by atoms with E-state index in [1.807, 2.05) is 0 Å². The first-order valence-electron chi connectivity index (χ1n) is 0. The van der Waals surface area contributed by atoms with E-state index in [2.05, 4.69) is 0 Å². The third kappa shape index (κ3) is 19.6. The maximum absolute atomic E-state index is 0. The zero-order valence-electron chi connectivity index (χ0n) is 1.78. The SMILES string of the molecule is [Cu].[Cu].[Cu].[Cu].[In]. The van der Waals surface area contributed by atoms with Crippen molar-refractivity contribution < 1.29 is 68.3 Å². The predicted molar refractivity (Wildman–Crippen MR) is 5.75 cm³/mol. The minimum atomic E-state index is 0. The van der Waals surface area contributed by atoms with Gasteiger partial charge >= 0.3 is 0 Å². The summed E-state index contributed by atoms with van der Waals surface area (Å²) in [5, 5.41) is 0. The molecule has 0 N–H and O–H groups in total. The van der Waals surface area contributed by atoms with Gasteiger partial charge < -0.3 is 0 Å². The Labute approximate surface area is 92.7 Å². The minimum Gasteiger partial charge on any atom is 0 e. The van der Waals surface area contributed by atoms with Crippen LogP contribution in [0.25, 0.3) is 0 Å². The molecule has 5 heavy (non-hydrogen) atoms. The van der Waals surface area contributed by atoms with Crippen molar-refractivity contribution in [3.05, 3.63) is 0 Å². The predicted octanol–water partition coefficient (Wildman–Crippen LogP) is -0.391. The summed E-state index contributed by atoms with van der Waals surface area (Å²) in [4.78, 5) is 0. The Morgan fingerprint density at radius 2 is 0.400 bits per heavy atom. The molecule has 0 aliphatic heterocycles. The first-order chi connectivity index (χ1) is 0. The Bertz CT molecular complexity index is 3.61. The number of hydrogen-bond donors (Lipinski definition) is 0. The molecule has 5 heteroatoms. The van der Waals surface area contributed by atoms with Crippen LogP contribution >= 0.6 is 0 Å². The standard InChI is InChI=1S/4Cu.In. The number of hydrogen-bond acceptors (Lipinski definition) is 0. The van der Waals surface area contributed by atoms with E-state index in [0.717, 1.165) is 0 Å². The van der Waals surface area contributed by atoms with Crippen LogP contribution in [0, 0.1) is 0 Å². The summed E-state index contributed by atoms with van der Waals surface area (Å²) >= 11 is 0. The van der Waals surface area contributed by atoms with Crippen molar-refractivity contribution in [2.75, 3.05) is 0 Å². The molecular formula is Cu4In. The van der Waals surface area contributed by atoms with Gasteiger partial charge in [-0.1, -0.05) is 0 Å². The first-order valence-corrected chi connectivity index (χ1v) is 0. The Morgan fingerprint density at radius 3 is 0.400 bits per heavy atom. The fourth-order valence-electron chi connectivity index (χ4n) is 0. The van der Waals surface area contributed by atoms with Crippen molar-refractivity contribution in [3.63, 3.8) is 0 Å². The van der Waals surface area contributed by atoms with Crippen LogP contribution in [0.2, 0.25) is 0 Å². The molecule has 0 unspecified atom stereocenters. The Balaban J connectivity index is 0. The molecule has 0 heterocycles.